The van der Waals surface area contributed by atoms with Crippen molar-refractivity contribution in [3.8, 4) is 5.75 Å². The maximum absolute atomic E-state index is 9.34. The average Bonchev–Trinajstić information content (AvgIpc) is 2.20. The Labute approximate surface area is 83.5 Å². The number of aromatic hydroxyl groups is 1. The van der Waals surface area contributed by atoms with Crippen molar-refractivity contribution in [2.75, 3.05) is 0 Å². The van der Waals surface area contributed by atoms with Crippen LogP contribution in [0.1, 0.15) is 6.92 Å². The number of hydrogen-bond donors (Lipinski definition) is 1. The summed E-state index contributed by atoms with van der Waals surface area (Å²) in [5.41, 5.74) is 0. The van der Waals surface area contributed by atoms with Crippen LogP contribution in [0.3, 0.4) is 0 Å². The Morgan fingerprint density at radius 1 is 1.36 bits per heavy atom. The molecular formula is C12H13NO. The van der Waals surface area contributed by atoms with E-state index < -0.39 is 0 Å². The van der Waals surface area contributed by atoms with Crippen LogP contribution in [0.15, 0.2) is 49.3 Å². The van der Waals surface area contributed by atoms with Crippen molar-refractivity contribution in [2.45, 2.75) is 6.92 Å². The largest absolute Gasteiger partial charge is 0.507 e. The number of phenols is 1. The van der Waals surface area contributed by atoms with E-state index in [-0.39, 0.29) is 0 Å². The van der Waals surface area contributed by atoms with Crippen molar-refractivity contribution in [1.29, 1.82) is 0 Å². The third kappa shape index (κ3) is 2.33. The first kappa shape index (κ1) is 10.3. The normalized spacial score (nSPS) is 8.93. The van der Waals surface area contributed by atoms with E-state index in [1.807, 2.05) is 13.0 Å². The Hall–Kier alpha value is -1.83. The molecule has 0 bridgehead atoms. The molecule has 1 aromatic carbocycles. The highest BCUT2D eigenvalue weighted by atomic mass is 16.3. The van der Waals surface area contributed by atoms with E-state index in [1.165, 1.54) is 0 Å². The predicted octanol–water partition coefficient (Wildman–Crippen LogP) is 3.13. The Morgan fingerprint density at radius 3 is 2.71 bits per heavy atom. The zero-order valence-corrected chi connectivity index (χ0v) is 8.14. The summed E-state index contributed by atoms with van der Waals surface area (Å²) >= 11 is 0. The van der Waals surface area contributed by atoms with Gasteiger partial charge in [-0.3, -0.25) is 4.98 Å². The van der Waals surface area contributed by atoms with Crippen molar-refractivity contribution in [1.82, 2.24) is 4.98 Å². The van der Waals surface area contributed by atoms with E-state index in [1.54, 1.807) is 36.7 Å². The van der Waals surface area contributed by atoms with Crippen molar-refractivity contribution in [3.63, 3.8) is 0 Å². The highest BCUT2D eigenvalue weighted by Crippen LogP contribution is 2.22. The minimum absolute atomic E-state index is 0.310. The van der Waals surface area contributed by atoms with Crippen molar-refractivity contribution in [2.24, 2.45) is 0 Å². The maximum atomic E-state index is 9.34. The minimum atomic E-state index is 0.310. The molecule has 1 heterocycles. The summed E-state index contributed by atoms with van der Waals surface area (Å²) in [7, 11) is 0. The summed E-state index contributed by atoms with van der Waals surface area (Å²) in [5.74, 6) is 0.310. The molecule has 0 unspecified atom stereocenters. The van der Waals surface area contributed by atoms with Gasteiger partial charge in [0.1, 0.15) is 5.75 Å². The lowest BCUT2D eigenvalue weighted by Crippen LogP contribution is -1.74. The van der Waals surface area contributed by atoms with Gasteiger partial charge in [0, 0.05) is 23.2 Å². The summed E-state index contributed by atoms with van der Waals surface area (Å²) in [4.78, 5) is 3.94. The highest BCUT2D eigenvalue weighted by molar-refractivity contribution is 5.86. The second-order valence-electron chi connectivity index (χ2n) is 2.78. The van der Waals surface area contributed by atoms with Crippen molar-refractivity contribution < 1.29 is 5.11 Å². The van der Waals surface area contributed by atoms with Gasteiger partial charge in [0.05, 0.1) is 0 Å². The lowest BCUT2D eigenvalue weighted by atomic mass is 10.2. The molecule has 2 nitrogen and oxygen atoms in total. The number of benzene rings is 1. The number of pyridine rings is 1. The second kappa shape index (κ2) is 5.02. The topological polar surface area (TPSA) is 33.1 Å². The van der Waals surface area contributed by atoms with Gasteiger partial charge < -0.3 is 5.11 Å². The van der Waals surface area contributed by atoms with Crippen LogP contribution in [0.2, 0.25) is 0 Å². The van der Waals surface area contributed by atoms with Crippen LogP contribution < -0.4 is 0 Å². The molecule has 0 amide bonds. The standard InChI is InChI=1S/C9H7NO.C3H6/c11-9-3-1-2-7-6-10-5-4-8(7)9;1-3-2/h1-6,11H;3H,1H2,2H3. The number of rotatable bonds is 0. The van der Waals surface area contributed by atoms with Gasteiger partial charge in [0.15, 0.2) is 0 Å². The lowest BCUT2D eigenvalue weighted by Gasteiger charge is -1.97. The number of phenolic OH excluding ortho intramolecular Hbond substituents is 1. The lowest BCUT2D eigenvalue weighted by molar-refractivity contribution is 0.481. The Bertz CT molecular complexity index is 418. The van der Waals surface area contributed by atoms with Gasteiger partial charge >= 0.3 is 0 Å². The van der Waals surface area contributed by atoms with Crippen molar-refractivity contribution >= 4 is 10.8 Å². The molecule has 0 aliphatic heterocycles. The molecule has 1 aromatic heterocycles. The van der Waals surface area contributed by atoms with Gasteiger partial charge in [0.2, 0.25) is 0 Å². The zero-order valence-electron chi connectivity index (χ0n) is 8.14. The highest BCUT2D eigenvalue weighted by Gasteiger charge is 1.95. The molecular weight excluding hydrogens is 174 g/mol. The monoisotopic (exact) mass is 187 g/mol. The summed E-state index contributed by atoms with van der Waals surface area (Å²) in [6.45, 7) is 5.25. The molecule has 0 radical (unpaired) electrons. The molecule has 2 heteroatoms. The van der Waals surface area contributed by atoms with Crippen molar-refractivity contribution in [3.05, 3.63) is 49.3 Å². The van der Waals surface area contributed by atoms with Crippen LogP contribution in [-0.2, 0) is 0 Å². The van der Waals surface area contributed by atoms with Crippen LogP contribution in [0, 0.1) is 0 Å². The number of nitrogens with zero attached hydrogens (tertiary/aromatic N) is 1. The van der Waals surface area contributed by atoms with Crippen LogP contribution in [-0.4, -0.2) is 10.1 Å². The number of hydrogen-bond acceptors (Lipinski definition) is 2. The Morgan fingerprint density at radius 2 is 2.07 bits per heavy atom. The molecule has 0 spiro atoms. The molecule has 0 aliphatic carbocycles. The van der Waals surface area contributed by atoms with Gasteiger partial charge in [-0.15, -0.1) is 6.58 Å². The van der Waals surface area contributed by atoms with E-state index in [2.05, 4.69) is 11.6 Å². The Kier molecular flexibility index (Phi) is 3.68. The van der Waals surface area contributed by atoms with Crippen LogP contribution in [0.5, 0.6) is 5.75 Å². The summed E-state index contributed by atoms with van der Waals surface area (Å²) in [6, 6.07) is 7.19. The van der Waals surface area contributed by atoms with E-state index in [0.29, 0.717) is 5.75 Å². The molecule has 1 N–H and O–H groups in total. The number of aromatic nitrogens is 1. The van der Waals surface area contributed by atoms with E-state index in [0.717, 1.165) is 10.8 Å². The second-order valence-corrected chi connectivity index (χ2v) is 2.78. The SMILES string of the molecule is C=CC.Oc1cccc2cnccc12. The third-order valence-electron chi connectivity index (χ3n) is 1.66. The van der Waals surface area contributed by atoms with Crippen LogP contribution in [0.4, 0.5) is 0 Å². The molecule has 0 fully saturated rings. The molecule has 14 heavy (non-hydrogen) atoms. The molecule has 0 aliphatic rings. The fourth-order valence-corrected chi connectivity index (χ4v) is 1.11. The van der Waals surface area contributed by atoms with E-state index in [4.69, 9.17) is 0 Å². The van der Waals surface area contributed by atoms with Gasteiger partial charge in [0.25, 0.3) is 0 Å². The fourth-order valence-electron chi connectivity index (χ4n) is 1.11. The smallest absolute Gasteiger partial charge is 0.123 e. The maximum Gasteiger partial charge on any atom is 0.123 e. The zero-order chi connectivity index (χ0) is 10.4. The molecule has 72 valence electrons. The quantitative estimate of drug-likeness (QED) is 0.643. The minimum Gasteiger partial charge on any atom is -0.507 e. The Balaban J connectivity index is 0.000000293. The first-order valence-corrected chi connectivity index (χ1v) is 4.38. The molecule has 0 saturated carbocycles. The first-order chi connectivity index (χ1) is 6.79. The fraction of sp³-hybridized carbons (Fsp3) is 0.0833. The van der Waals surface area contributed by atoms with Gasteiger partial charge in [-0.2, -0.15) is 0 Å². The van der Waals surface area contributed by atoms with Gasteiger partial charge in [-0.25, -0.2) is 0 Å². The van der Waals surface area contributed by atoms with Crippen LogP contribution >= 0.6 is 0 Å². The third-order valence-corrected chi connectivity index (χ3v) is 1.66. The average molecular weight is 187 g/mol. The summed E-state index contributed by atoms with van der Waals surface area (Å²) in [6.07, 6.45) is 5.15. The van der Waals surface area contributed by atoms with Gasteiger partial charge in [-0.1, -0.05) is 18.2 Å². The van der Waals surface area contributed by atoms with Gasteiger partial charge in [-0.05, 0) is 19.1 Å². The summed E-state index contributed by atoms with van der Waals surface area (Å²) < 4.78 is 0. The molecule has 2 aromatic rings. The summed E-state index contributed by atoms with van der Waals surface area (Å²) in [5, 5.41) is 11.2. The number of fused-ring (bicyclic) bond motifs is 1. The first-order valence-electron chi connectivity index (χ1n) is 4.38. The molecule has 0 atom stereocenters. The molecule has 2 rings (SSSR count). The molecule has 0 saturated heterocycles. The number of allylic oxidation sites excluding steroid dienone is 1. The van der Waals surface area contributed by atoms with E-state index in [9.17, 15) is 5.11 Å². The predicted molar refractivity (Wildman–Crippen MR) is 59.3 cm³/mol. The van der Waals surface area contributed by atoms with Crippen LogP contribution in [0.25, 0.3) is 10.8 Å². The van der Waals surface area contributed by atoms with E-state index >= 15 is 0 Å².